The van der Waals surface area contributed by atoms with Crippen LogP contribution >= 0.6 is 11.6 Å². The van der Waals surface area contributed by atoms with Gasteiger partial charge in [0.1, 0.15) is 5.56 Å². The van der Waals surface area contributed by atoms with Gasteiger partial charge in [0.05, 0.1) is 18.5 Å². The van der Waals surface area contributed by atoms with Crippen LogP contribution in [0, 0.1) is 12.7 Å². The standard InChI is InChI=1S/C11H10ClFN4O2/c1-3-19-10(18)7-5-17(16-6(7)2)9-8(13)4-14-11(12)15-9/h4-5H,3H2,1-2H3. The van der Waals surface area contributed by atoms with Crippen LogP contribution in [0.1, 0.15) is 23.0 Å². The van der Waals surface area contributed by atoms with Crippen molar-refractivity contribution in [2.75, 3.05) is 6.61 Å². The van der Waals surface area contributed by atoms with Crippen LogP contribution in [-0.4, -0.2) is 32.3 Å². The van der Waals surface area contributed by atoms with Crippen molar-refractivity contribution in [3.63, 3.8) is 0 Å². The summed E-state index contributed by atoms with van der Waals surface area (Å²) < 4.78 is 19.6. The third-order valence-corrected chi connectivity index (χ3v) is 2.49. The van der Waals surface area contributed by atoms with Gasteiger partial charge in [-0.15, -0.1) is 0 Å². The molecule has 0 saturated heterocycles. The Kier molecular flexibility index (Phi) is 3.75. The number of esters is 1. The summed E-state index contributed by atoms with van der Waals surface area (Å²) in [7, 11) is 0. The van der Waals surface area contributed by atoms with Gasteiger partial charge in [-0.05, 0) is 25.4 Å². The van der Waals surface area contributed by atoms with Gasteiger partial charge in [-0.1, -0.05) is 0 Å². The molecule has 0 spiro atoms. The number of hydrogen-bond donors (Lipinski definition) is 0. The van der Waals surface area contributed by atoms with Crippen molar-refractivity contribution >= 4 is 17.6 Å². The Labute approximate surface area is 113 Å². The zero-order chi connectivity index (χ0) is 14.0. The molecule has 2 heterocycles. The first-order valence-electron chi connectivity index (χ1n) is 5.44. The first-order valence-corrected chi connectivity index (χ1v) is 5.82. The molecule has 0 radical (unpaired) electrons. The van der Waals surface area contributed by atoms with Gasteiger partial charge in [-0.25, -0.2) is 18.9 Å². The highest BCUT2D eigenvalue weighted by Crippen LogP contribution is 2.15. The quantitative estimate of drug-likeness (QED) is 0.636. The van der Waals surface area contributed by atoms with Gasteiger partial charge in [-0.3, -0.25) is 0 Å². The highest BCUT2D eigenvalue weighted by molar-refractivity contribution is 6.28. The van der Waals surface area contributed by atoms with Gasteiger partial charge in [0.15, 0.2) is 11.6 Å². The lowest BCUT2D eigenvalue weighted by atomic mass is 10.3. The molecular weight excluding hydrogens is 275 g/mol. The second kappa shape index (κ2) is 5.31. The van der Waals surface area contributed by atoms with Crippen LogP contribution in [0.3, 0.4) is 0 Å². The lowest BCUT2D eigenvalue weighted by molar-refractivity contribution is 0.0525. The lowest BCUT2D eigenvalue weighted by Gasteiger charge is -2.01. The Morgan fingerprint density at radius 2 is 2.32 bits per heavy atom. The predicted molar refractivity (Wildman–Crippen MR) is 64.8 cm³/mol. The molecule has 100 valence electrons. The monoisotopic (exact) mass is 284 g/mol. The number of rotatable bonds is 3. The molecule has 2 aromatic rings. The van der Waals surface area contributed by atoms with Gasteiger partial charge in [-0.2, -0.15) is 10.1 Å². The van der Waals surface area contributed by atoms with Gasteiger partial charge in [0, 0.05) is 6.20 Å². The Balaban J connectivity index is 2.44. The molecule has 0 N–H and O–H groups in total. The molecule has 6 nitrogen and oxygen atoms in total. The van der Waals surface area contributed by atoms with Crippen LogP contribution in [0.15, 0.2) is 12.4 Å². The molecule has 0 saturated carbocycles. The molecule has 0 atom stereocenters. The molecule has 0 unspecified atom stereocenters. The second-order valence-corrected chi connectivity index (χ2v) is 3.94. The van der Waals surface area contributed by atoms with Gasteiger partial charge in [0.2, 0.25) is 5.28 Å². The van der Waals surface area contributed by atoms with E-state index < -0.39 is 11.8 Å². The number of aromatic nitrogens is 4. The summed E-state index contributed by atoms with van der Waals surface area (Å²) in [5.41, 5.74) is 0.656. The predicted octanol–water partition coefficient (Wildman–Crippen LogP) is 1.94. The normalized spacial score (nSPS) is 10.5. The number of carbonyl (C=O) groups excluding carboxylic acids is 1. The van der Waals surface area contributed by atoms with E-state index in [-0.39, 0.29) is 23.3 Å². The summed E-state index contributed by atoms with van der Waals surface area (Å²) in [5.74, 6) is -1.34. The van der Waals surface area contributed by atoms with E-state index in [1.165, 1.54) is 6.20 Å². The Bertz CT molecular complexity index is 629. The number of ether oxygens (including phenoxy) is 1. The Hall–Kier alpha value is -2.02. The van der Waals surface area contributed by atoms with Crippen molar-refractivity contribution in [2.45, 2.75) is 13.8 Å². The molecule has 19 heavy (non-hydrogen) atoms. The highest BCUT2D eigenvalue weighted by Gasteiger charge is 2.17. The van der Waals surface area contributed by atoms with E-state index in [1.54, 1.807) is 13.8 Å². The van der Waals surface area contributed by atoms with Crippen LogP contribution in [0.2, 0.25) is 5.28 Å². The molecule has 0 aliphatic carbocycles. The van der Waals surface area contributed by atoms with Gasteiger partial charge >= 0.3 is 5.97 Å². The maximum Gasteiger partial charge on any atom is 0.341 e. The van der Waals surface area contributed by atoms with Crippen molar-refractivity contribution in [2.24, 2.45) is 0 Å². The summed E-state index contributed by atoms with van der Waals surface area (Å²) in [4.78, 5) is 18.9. The molecule has 0 aliphatic rings. The Morgan fingerprint density at radius 3 is 3.00 bits per heavy atom. The van der Waals surface area contributed by atoms with E-state index >= 15 is 0 Å². The maximum atomic E-state index is 13.6. The second-order valence-electron chi connectivity index (χ2n) is 3.60. The van der Waals surface area contributed by atoms with Crippen LogP contribution < -0.4 is 0 Å². The van der Waals surface area contributed by atoms with E-state index in [1.807, 2.05) is 0 Å². The zero-order valence-electron chi connectivity index (χ0n) is 10.2. The van der Waals surface area contributed by atoms with Crippen molar-refractivity contribution in [3.8, 4) is 5.82 Å². The number of nitrogens with zero attached hydrogens (tertiary/aromatic N) is 4. The summed E-state index contributed by atoms with van der Waals surface area (Å²) in [6, 6.07) is 0. The third kappa shape index (κ3) is 2.70. The summed E-state index contributed by atoms with van der Waals surface area (Å²) in [5, 5.41) is 3.90. The van der Waals surface area contributed by atoms with Crippen LogP contribution in [0.4, 0.5) is 4.39 Å². The first-order chi connectivity index (χ1) is 9.02. The van der Waals surface area contributed by atoms with Crippen molar-refractivity contribution in [1.82, 2.24) is 19.7 Å². The van der Waals surface area contributed by atoms with E-state index in [9.17, 15) is 9.18 Å². The number of halogens is 2. The minimum atomic E-state index is -0.692. The molecule has 2 rings (SSSR count). The fourth-order valence-corrected chi connectivity index (χ4v) is 1.60. The molecule has 0 aromatic carbocycles. The van der Waals surface area contributed by atoms with Crippen molar-refractivity contribution in [3.05, 3.63) is 34.8 Å². The average Bonchev–Trinajstić information content (AvgIpc) is 2.74. The summed E-state index contributed by atoms with van der Waals surface area (Å²) >= 11 is 5.60. The van der Waals surface area contributed by atoms with Gasteiger partial charge in [0.25, 0.3) is 0 Å². The number of hydrogen-bond acceptors (Lipinski definition) is 5. The molecule has 0 fully saturated rings. The van der Waals surface area contributed by atoms with Crippen LogP contribution in [-0.2, 0) is 4.74 Å². The van der Waals surface area contributed by atoms with Crippen molar-refractivity contribution < 1.29 is 13.9 Å². The molecule has 2 aromatic heterocycles. The summed E-state index contributed by atoms with van der Waals surface area (Å²) in [6.45, 7) is 3.56. The van der Waals surface area contributed by atoms with E-state index in [2.05, 4.69) is 15.1 Å². The van der Waals surface area contributed by atoms with Crippen LogP contribution in [0.25, 0.3) is 5.82 Å². The minimum absolute atomic E-state index is 0.109. The molecule has 0 bridgehead atoms. The van der Waals surface area contributed by atoms with Crippen LogP contribution in [0.5, 0.6) is 0 Å². The first kappa shape index (κ1) is 13.4. The van der Waals surface area contributed by atoms with Crippen molar-refractivity contribution in [1.29, 1.82) is 0 Å². The fraction of sp³-hybridized carbons (Fsp3) is 0.273. The van der Waals surface area contributed by atoms with E-state index in [0.717, 1.165) is 10.9 Å². The molecular formula is C11H10ClFN4O2. The lowest BCUT2D eigenvalue weighted by Crippen LogP contribution is -2.05. The highest BCUT2D eigenvalue weighted by atomic mass is 35.5. The molecule has 8 heteroatoms. The van der Waals surface area contributed by atoms with Gasteiger partial charge < -0.3 is 4.74 Å². The maximum absolute atomic E-state index is 13.6. The molecule has 0 aliphatic heterocycles. The van der Waals surface area contributed by atoms with E-state index in [4.69, 9.17) is 16.3 Å². The largest absolute Gasteiger partial charge is 0.462 e. The Morgan fingerprint density at radius 1 is 1.58 bits per heavy atom. The number of aryl methyl sites for hydroxylation is 1. The topological polar surface area (TPSA) is 69.9 Å². The average molecular weight is 285 g/mol. The zero-order valence-corrected chi connectivity index (χ0v) is 11.0. The number of carbonyl (C=O) groups is 1. The minimum Gasteiger partial charge on any atom is -0.462 e. The fourth-order valence-electron chi connectivity index (χ4n) is 1.48. The van der Waals surface area contributed by atoms with E-state index in [0.29, 0.717) is 5.69 Å². The molecule has 0 amide bonds. The smallest absolute Gasteiger partial charge is 0.341 e. The third-order valence-electron chi connectivity index (χ3n) is 2.31. The SMILES string of the molecule is CCOC(=O)c1cn(-c2nc(Cl)ncc2F)nc1C. The summed E-state index contributed by atoms with van der Waals surface area (Å²) in [6.07, 6.45) is 2.28.